The number of hydrogen-bond acceptors (Lipinski definition) is 7. The van der Waals surface area contributed by atoms with Crippen LogP contribution in [0.3, 0.4) is 0 Å². The van der Waals surface area contributed by atoms with Crippen molar-refractivity contribution < 1.29 is 14.0 Å². The maximum absolute atomic E-state index is 12.9. The van der Waals surface area contributed by atoms with Crippen molar-refractivity contribution in [1.82, 2.24) is 20.4 Å². The highest BCUT2D eigenvalue weighted by Gasteiger charge is 2.45. The molecule has 2 aliphatic rings. The van der Waals surface area contributed by atoms with E-state index in [9.17, 15) is 14.9 Å². The lowest BCUT2D eigenvalue weighted by atomic mass is 9.68. The van der Waals surface area contributed by atoms with Crippen LogP contribution in [-0.2, 0) is 16.6 Å². The molecule has 0 spiro atoms. The lowest BCUT2D eigenvalue weighted by molar-refractivity contribution is -0.130. The van der Waals surface area contributed by atoms with Crippen molar-refractivity contribution in [2.24, 2.45) is 5.73 Å². The highest BCUT2D eigenvalue weighted by atomic mass is 16.4. The molecule has 1 aromatic heterocycles. The van der Waals surface area contributed by atoms with E-state index in [0.717, 1.165) is 42.4 Å². The largest absolute Gasteiger partial charge is 0.427 e. The third kappa shape index (κ3) is 5.27. The number of nitriles is 1. The quantitative estimate of drug-likeness (QED) is 0.547. The fourth-order valence-electron chi connectivity index (χ4n) is 5.91. The highest BCUT2D eigenvalue weighted by molar-refractivity contribution is 5.93. The van der Waals surface area contributed by atoms with Crippen molar-refractivity contribution in [1.29, 1.82) is 5.26 Å². The molecule has 2 aromatic rings. The number of allylic oxidation sites excluding steroid dienone is 4. The van der Waals surface area contributed by atoms with Crippen molar-refractivity contribution in [2.75, 3.05) is 13.1 Å². The van der Waals surface area contributed by atoms with Crippen LogP contribution in [0.15, 0.2) is 51.8 Å². The molecule has 2 unspecified atom stereocenters. The first-order valence-corrected chi connectivity index (χ1v) is 13.1. The number of aromatic nitrogens is 2. The van der Waals surface area contributed by atoms with Gasteiger partial charge in [0.1, 0.15) is 6.04 Å². The third-order valence-electron chi connectivity index (χ3n) is 7.76. The Balaban J connectivity index is 1.76. The Morgan fingerprint density at radius 2 is 2.16 bits per heavy atom. The molecule has 38 heavy (non-hydrogen) atoms. The number of amides is 2. The summed E-state index contributed by atoms with van der Waals surface area (Å²) >= 11 is 0. The molecule has 3 N–H and O–H groups in total. The number of likely N-dealkylation sites (tertiary alicyclic amines) is 1. The van der Waals surface area contributed by atoms with Gasteiger partial charge in [-0.15, -0.1) is 10.2 Å². The third-order valence-corrected chi connectivity index (χ3v) is 7.76. The van der Waals surface area contributed by atoms with Gasteiger partial charge in [0, 0.05) is 18.2 Å². The lowest BCUT2D eigenvalue weighted by Gasteiger charge is -2.36. The number of nitrogens with one attached hydrogen (secondary N) is 1. The van der Waals surface area contributed by atoms with E-state index in [-0.39, 0.29) is 24.5 Å². The average Bonchev–Trinajstić information content (AvgIpc) is 3.58. The number of nitrogens with zero attached hydrogens (tertiary/aromatic N) is 4. The first-order valence-electron chi connectivity index (χ1n) is 13.1. The molecule has 2 heterocycles. The molecule has 1 saturated heterocycles. The Kier molecular flexibility index (Phi) is 8.12. The SMILES string of the molecule is CC(C)=CC1=C(C)C(C[C@@H](C)NCC(=O)N2CCCC2C#N)(c2nnco2)c2ccc(C(N)=O)cc2CC1. The van der Waals surface area contributed by atoms with Crippen LogP contribution in [0.1, 0.15) is 80.8 Å². The Morgan fingerprint density at radius 3 is 2.82 bits per heavy atom. The summed E-state index contributed by atoms with van der Waals surface area (Å²) in [5.74, 6) is -0.0768. The second kappa shape index (κ2) is 11.3. The topological polar surface area (TPSA) is 138 Å². The van der Waals surface area contributed by atoms with Gasteiger partial charge in [0.05, 0.1) is 18.0 Å². The van der Waals surface area contributed by atoms with E-state index in [0.29, 0.717) is 24.4 Å². The molecular weight excluding hydrogens is 480 g/mol. The first-order chi connectivity index (χ1) is 18.2. The van der Waals surface area contributed by atoms with Gasteiger partial charge in [0.25, 0.3) is 0 Å². The molecule has 3 atom stereocenters. The number of rotatable bonds is 8. The predicted molar refractivity (Wildman–Crippen MR) is 143 cm³/mol. The molecule has 2 amide bonds. The lowest BCUT2D eigenvalue weighted by Crippen LogP contribution is -2.45. The summed E-state index contributed by atoms with van der Waals surface area (Å²) in [6.07, 6.45) is 7.16. The number of aryl methyl sites for hydroxylation is 1. The van der Waals surface area contributed by atoms with Gasteiger partial charge in [-0.25, -0.2) is 0 Å². The summed E-state index contributed by atoms with van der Waals surface area (Å²) < 4.78 is 5.92. The molecule has 9 nitrogen and oxygen atoms in total. The van der Waals surface area contributed by atoms with Gasteiger partial charge in [0.15, 0.2) is 0 Å². The second-order valence-electron chi connectivity index (χ2n) is 10.6. The predicted octanol–water partition coefficient (Wildman–Crippen LogP) is 3.57. The summed E-state index contributed by atoms with van der Waals surface area (Å²) in [4.78, 5) is 26.6. The van der Waals surface area contributed by atoms with E-state index in [2.05, 4.69) is 48.4 Å². The number of hydrogen-bond donors (Lipinski definition) is 2. The molecule has 1 aromatic carbocycles. The molecule has 4 rings (SSSR count). The van der Waals surface area contributed by atoms with Crippen LogP contribution >= 0.6 is 0 Å². The second-order valence-corrected chi connectivity index (χ2v) is 10.6. The fourth-order valence-corrected chi connectivity index (χ4v) is 5.91. The Morgan fingerprint density at radius 1 is 1.37 bits per heavy atom. The number of carbonyl (C=O) groups excluding carboxylic acids is 2. The van der Waals surface area contributed by atoms with Crippen molar-refractivity contribution in [3.8, 4) is 6.07 Å². The molecule has 200 valence electrons. The molecule has 0 bridgehead atoms. The Bertz CT molecular complexity index is 1300. The standard InChI is InChI=1S/C29H36N6O3/c1-18(2)12-21-7-8-22-13-23(27(31)37)9-10-25(22)29(20(21)4,28-34-33-17-38-28)14-19(3)32-16-26(36)35-11-5-6-24(35)15-30/h9-10,12-13,17,19,24,32H,5-8,11,14,16H2,1-4H3,(H2,31,37)/t19-,24?,29?/m1/s1. The minimum Gasteiger partial charge on any atom is -0.427 e. The van der Waals surface area contributed by atoms with Crippen LogP contribution < -0.4 is 11.1 Å². The first kappa shape index (κ1) is 27.3. The van der Waals surface area contributed by atoms with E-state index in [1.807, 2.05) is 19.1 Å². The molecule has 0 radical (unpaired) electrons. The van der Waals surface area contributed by atoms with Gasteiger partial charge >= 0.3 is 0 Å². The van der Waals surface area contributed by atoms with E-state index in [4.69, 9.17) is 10.2 Å². The van der Waals surface area contributed by atoms with Crippen LogP contribution in [-0.4, -0.2) is 52.1 Å². The number of fused-ring (bicyclic) bond motifs is 1. The smallest absolute Gasteiger partial charge is 0.248 e. The van der Waals surface area contributed by atoms with Crippen molar-refractivity contribution in [3.05, 3.63) is 70.0 Å². The number of nitrogens with two attached hydrogens (primary N) is 1. The zero-order chi connectivity index (χ0) is 27.4. The van der Waals surface area contributed by atoms with Gasteiger partial charge in [-0.2, -0.15) is 5.26 Å². The van der Waals surface area contributed by atoms with Crippen LogP contribution in [0, 0.1) is 11.3 Å². The van der Waals surface area contributed by atoms with Crippen LogP contribution in [0.2, 0.25) is 0 Å². The van der Waals surface area contributed by atoms with Crippen LogP contribution in [0.5, 0.6) is 0 Å². The van der Waals surface area contributed by atoms with Crippen molar-refractivity contribution in [2.45, 2.75) is 77.3 Å². The number of benzene rings is 1. The summed E-state index contributed by atoms with van der Waals surface area (Å²) in [6.45, 7) is 9.03. The normalized spacial score (nSPS) is 21.9. The van der Waals surface area contributed by atoms with Crippen LogP contribution in [0.4, 0.5) is 0 Å². The monoisotopic (exact) mass is 516 g/mol. The van der Waals surface area contributed by atoms with Crippen molar-refractivity contribution >= 4 is 11.8 Å². The van der Waals surface area contributed by atoms with Crippen molar-refractivity contribution in [3.63, 3.8) is 0 Å². The van der Waals surface area contributed by atoms with E-state index < -0.39 is 11.3 Å². The Labute approximate surface area is 223 Å². The van der Waals surface area contributed by atoms with Gasteiger partial charge in [0.2, 0.25) is 24.1 Å². The average molecular weight is 517 g/mol. The zero-order valence-electron chi connectivity index (χ0n) is 22.6. The van der Waals surface area contributed by atoms with Gasteiger partial charge in [-0.3, -0.25) is 9.59 Å². The summed E-state index contributed by atoms with van der Waals surface area (Å²) in [5.41, 5.74) is 10.8. The van der Waals surface area contributed by atoms with E-state index in [1.165, 1.54) is 17.5 Å². The van der Waals surface area contributed by atoms with E-state index in [1.54, 1.807) is 11.0 Å². The minimum atomic E-state index is -0.780. The number of carbonyl (C=O) groups is 2. The van der Waals surface area contributed by atoms with Gasteiger partial charge in [-0.05, 0) is 88.6 Å². The molecule has 9 heteroatoms. The molecule has 1 aliphatic carbocycles. The maximum atomic E-state index is 12.9. The molecular formula is C29H36N6O3. The highest BCUT2D eigenvalue weighted by Crippen LogP contribution is 2.48. The van der Waals surface area contributed by atoms with Gasteiger partial charge in [-0.1, -0.05) is 23.3 Å². The van der Waals surface area contributed by atoms with Crippen LogP contribution in [0.25, 0.3) is 0 Å². The molecule has 0 saturated carbocycles. The summed E-state index contributed by atoms with van der Waals surface area (Å²) in [7, 11) is 0. The van der Waals surface area contributed by atoms with E-state index >= 15 is 0 Å². The van der Waals surface area contributed by atoms with Gasteiger partial charge < -0.3 is 20.4 Å². The fraction of sp³-hybridized carbons (Fsp3) is 0.483. The zero-order valence-corrected chi connectivity index (χ0v) is 22.6. The molecule has 1 fully saturated rings. The maximum Gasteiger partial charge on any atom is 0.248 e. The summed E-state index contributed by atoms with van der Waals surface area (Å²) in [6, 6.07) is 7.33. The Hall–Kier alpha value is -3.77. The number of primary amides is 1. The minimum absolute atomic E-state index is 0.0717. The summed E-state index contributed by atoms with van der Waals surface area (Å²) in [5, 5.41) is 21.2. The molecule has 1 aliphatic heterocycles.